The first-order valence-corrected chi connectivity index (χ1v) is 11.6. The lowest BCUT2D eigenvalue weighted by atomic mass is 10.2. The predicted octanol–water partition coefficient (Wildman–Crippen LogP) is 3.55. The van der Waals surface area contributed by atoms with Crippen molar-refractivity contribution in [2.75, 3.05) is 19.3 Å². The summed E-state index contributed by atoms with van der Waals surface area (Å²) in [6.45, 7) is 2.87. The predicted molar refractivity (Wildman–Crippen MR) is 125 cm³/mol. The molecule has 2 heterocycles. The summed E-state index contributed by atoms with van der Waals surface area (Å²) in [7, 11) is 0. The average molecular weight is 469 g/mol. The number of aromatic nitrogens is 1. The number of carbonyl (C=O) groups excluding carboxylic acids is 2. The first-order chi connectivity index (χ1) is 16.1. The molecule has 0 unspecified atom stereocenters. The van der Waals surface area contributed by atoms with E-state index in [1.54, 1.807) is 30.5 Å². The van der Waals surface area contributed by atoms with Crippen LogP contribution in [0.2, 0.25) is 0 Å². The molecule has 1 aliphatic rings. The van der Waals surface area contributed by atoms with E-state index >= 15 is 0 Å². The van der Waals surface area contributed by atoms with Gasteiger partial charge in [-0.1, -0.05) is 30.8 Å². The van der Waals surface area contributed by atoms with Crippen molar-refractivity contribution in [2.45, 2.75) is 31.2 Å². The fourth-order valence-electron chi connectivity index (χ4n) is 3.49. The van der Waals surface area contributed by atoms with Crippen molar-refractivity contribution >= 4 is 34.5 Å². The molecule has 1 amide bonds. The van der Waals surface area contributed by atoms with Gasteiger partial charge in [0.15, 0.2) is 16.9 Å². The molecule has 0 atom stereocenters. The van der Waals surface area contributed by atoms with E-state index in [2.05, 4.69) is 5.32 Å². The highest BCUT2D eigenvalue weighted by molar-refractivity contribution is 7.99. The van der Waals surface area contributed by atoms with Gasteiger partial charge in [0.1, 0.15) is 5.94 Å². The van der Waals surface area contributed by atoms with Crippen molar-refractivity contribution in [3.05, 3.63) is 64.4 Å². The van der Waals surface area contributed by atoms with Gasteiger partial charge in [-0.2, -0.15) is 0 Å². The summed E-state index contributed by atoms with van der Waals surface area (Å²) in [5, 5.41) is 3.46. The Bertz CT molecular complexity index is 1240. The number of ether oxygens (including phenoxy) is 3. The summed E-state index contributed by atoms with van der Waals surface area (Å²) in [6.07, 6.45) is 2.81. The van der Waals surface area contributed by atoms with E-state index in [4.69, 9.17) is 14.2 Å². The van der Waals surface area contributed by atoms with Crippen molar-refractivity contribution < 1.29 is 23.8 Å². The van der Waals surface area contributed by atoms with Crippen LogP contribution >= 0.6 is 11.8 Å². The second kappa shape index (κ2) is 10.4. The highest BCUT2D eigenvalue weighted by Gasteiger charge is 2.17. The molecular formula is C24H24N2O6S. The number of hydrogen-bond donors (Lipinski definition) is 1. The first kappa shape index (κ1) is 22.7. The van der Waals surface area contributed by atoms with Gasteiger partial charge in [0.25, 0.3) is 5.91 Å². The molecule has 0 aliphatic carbocycles. The molecule has 33 heavy (non-hydrogen) atoms. The molecule has 4 rings (SSSR count). The van der Waals surface area contributed by atoms with E-state index in [9.17, 15) is 14.4 Å². The summed E-state index contributed by atoms with van der Waals surface area (Å²) in [5.41, 5.74) is 1.13. The minimum atomic E-state index is -0.247. The summed E-state index contributed by atoms with van der Waals surface area (Å²) >= 11 is 1.30. The number of benzene rings is 2. The van der Waals surface area contributed by atoms with Gasteiger partial charge in [-0.3, -0.25) is 14.4 Å². The molecule has 0 fully saturated rings. The fraction of sp³-hybridized carbons (Fsp3) is 0.292. The van der Waals surface area contributed by atoms with Gasteiger partial charge in [-0.05, 0) is 24.6 Å². The maximum atomic E-state index is 12.8. The Hall–Kier alpha value is -3.46. The van der Waals surface area contributed by atoms with Crippen molar-refractivity contribution in [1.82, 2.24) is 9.88 Å². The number of fused-ring (bicyclic) bond motifs is 2. The third-order valence-corrected chi connectivity index (χ3v) is 6.03. The largest absolute Gasteiger partial charge is 0.454 e. The van der Waals surface area contributed by atoms with Gasteiger partial charge in [0.2, 0.25) is 6.79 Å². The topological polar surface area (TPSA) is 95.9 Å². The van der Waals surface area contributed by atoms with Crippen LogP contribution in [0.3, 0.4) is 0 Å². The van der Waals surface area contributed by atoms with Crippen molar-refractivity contribution in [1.29, 1.82) is 0 Å². The minimum absolute atomic E-state index is 0.103. The van der Waals surface area contributed by atoms with Gasteiger partial charge < -0.3 is 24.1 Å². The number of nitrogens with zero attached hydrogens (tertiary/aromatic N) is 1. The van der Waals surface area contributed by atoms with E-state index in [1.807, 2.05) is 23.6 Å². The van der Waals surface area contributed by atoms with Gasteiger partial charge >= 0.3 is 5.97 Å². The molecule has 0 spiro atoms. The maximum Gasteiger partial charge on any atom is 0.306 e. The second-order valence-electron chi connectivity index (χ2n) is 7.38. The molecule has 0 bridgehead atoms. The number of rotatable bonds is 9. The summed E-state index contributed by atoms with van der Waals surface area (Å²) in [4.78, 5) is 37.4. The molecule has 2 aromatic carbocycles. The minimum Gasteiger partial charge on any atom is -0.454 e. The average Bonchev–Trinajstić information content (AvgIpc) is 3.28. The highest BCUT2D eigenvalue weighted by Crippen LogP contribution is 2.35. The Morgan fingerprint density at radius 1 is 1.15 bits per heavy atom. The zero-order chi connectivity index (χ0) is 23.2. The number of hydrogen-bond acceptors (Lipinski definition) is 7. The lowest BCUT2D eigenvalue weighted by Gasteiger charge is -2.13. The third-order valence-electron chi connectivity index (χ3n) is 5.13. The summed E-state index contributed by atoms with van der Waals surface area (Å²) in [5.74, 6) is 0.836. The Morgan fingerprint density at radius 3 is 2.76 bits per heavy atom. The van der Waals surface area contributed by atoms with E-state index in [0.29, 0.717) is 47.5 Å². The van der Waals surface area contributed by atoms with Crippen LogP contribution in [0.25, 0.3) is 10.9 Å². The van der Waals surface area contributed by atoms with Gasteiger partial charge in [0.05, 0.1) is 11.1 Å². The summed E-state index contributed by atoms with van der Waals surface area (Å²) < 4.78 is 17.9. The number of nitrogens with one attached hydrogen (secondary N) is 1. The molecule has 0 saturated heterocycles. The molecular weight excluding hydrogens is 444 g/mol. The van der Waals surface area contributed by atoms with Crippen LogP contribution in [-0.2, 0) is 16.1 Å². The molecule has 1 aliphatic heterocycles. The van der Waals surface area contributed by atoms with Crippen LogP contribution < -0.4 is 20.2 Å². The zero-order valence-electron chi connectivity index (χ0n) is 18.2. The third kappa shape index (κ3) is 5.31. The maximum absolute atomic E-state index is 12.8. The normalized spacial score (nSPS) is 12.0. The van der Waals surface area contributed by atoms with Gasteiger partial charge in [0, 0.05) is 48.1 Å². The monoisotopic (exact) mass is 468 g/mol. The smallest absolute Gasteiger partial charge is 0.306 e. The van der Waals surface area contributed by atoms with Crippen LogP contribution in [0.15, 0.2) is 58.4 Å². The van der Waals surface area contributed by atoms with Crippen LogP contribution in [0.5, 0.6) is 11.5 Å². The van der Waals surface area contributed by atoms with Crippen LogP contribution in [-0.4, -0.2) is 35.7 Å². The Balaban J connectivity index is 1.40. The van der Waals surface area contributed by atoms with Crippen molar-refractivity contribution in [2.24, 2.45) is 0 Å². The molecule has 1 N–H and O–H groups in total. The summed E-state index contributed by atoms with van der Waals surface area (Å²) in [6, 6.07) is 12.2. The number of amides is 1. The van der Waals surface area contributed by atoms with E-state index in [1.165, 1.54) is 17.8 Å². The lowest BCUT2D eigenvalue weighted by molar-refractivity contribution is -0.141. The van der Waals surface area contributed by atoms with Crippen molar-refractivity contribution in [3.63, 3.8) is 0 Å². The number of carbonyl (C=O) groups is 2. The molecule has 172 valence electrons. The fourth-order valence-corrected chi connectivity index (χ4v) is 4.30. The molecule has 0 radical (unpaired) electrons. The van der Waals surface area contributed by atoms with Gasteiger partial charge in [-0.15, -0.1) is 0 Å². The Morgan fingerprint density at radius 2 is 1.94 bits per heavy atom. The first-order valence-electron chi connectivity index (χ1n) is 10.6. The van der Waals surface area contributed by atoms with Crippen LogP contribution in [0, 0.1) is 0 Å². The molecule has 1 aromatic heterocycles. The number of pyridine rings is 1. The quantitative estimate of drug-likeness (QED) is 0.291. The number of thioether (sulfide) groups is 1. The lowest BCUT2D eigenvalue weighted by Crippen LogP contribution is -2.28. The van der Waals surface area contributed by atoms with Crippen LogP contribution in [0.4, 0.5) is 0 Å². The van der Waals surface area contributed by atoms with E-state index in [-0.39, 0.29) is 30.0 Å². The van der Waals surface area contributed by atoms with E-state index < -0.39 is 0 Å². The Labute approximate surface area is 194 Å². The molecule has 8 nitrogen and oxygen atoms in total. The zero-order valence-corrected chi connectivity index (χ0v) is 19.0. The Kier molecular flexibility index (Phi) is 7.19. The SMILES string of the molecule is CCCC(=O)OCSc1ccccc1C(=O)NCCn1ccc(=O)c2cc3c(cc21)OCO3. The number of esters is 1. The molecule has 3 aromatic rings. The highest BCUT2D eigenvalue weighted by atomic mass is 32.2. The van der Waals surface area contributed by atoms with Crippen molar-refractivity contribution in [3.8, 4) is 11.5 Å². The second-order valence-corrected chi connectivity index (χ2v) is 8.34. The molecule has 9 heteroatoms. The van der Waals surface area contributed by atoms with Gasteiger partial charge in [-0.25, -0.2) is 0 Å². The van der Waals surface area contributed by atoms with E-state index in [0.717, 1.165) is 11.3 Å². The van der Waals surface area contributed by atoms with Crippen LogP contribution in [0.1, 0.15) is 30.1 Å². The molecule has 0 saturated carbocycles. The standard InChI is InChI=1S/C24H24N2O6S/c1-2-5-23(28)32-15-33-22-7-4-3-6-16(22)24(29)25-9-11-26-10-8-19(27)17-12-20-21(13-18(17)26)31-14-30-20/h3-4,6-8,10,12-13H,2,5,9,11,14-15H2,1H3,(H,25,29).